The molecule has 0 fully saturated rings. The van der Waals surface area contributed by atoms with Crippen molar-refractivity contribution in [1.29, 1.82) is 5.26 Å². The van der Waals surface area contributed by atoms with Crippen molar-refractivity contribution in [2.45, 2.75) is 4.90 Å². The lowest BCUT2D eigenvalue weighted by molar-refractivity contribution is -0.119. The number of thioether (sulfide) groups is 1. The number of carbonyl (C=O) groups is 2. The van der Waals surface area contributed by atoms with Crippen molar-refractivity contribution in [3.05, 3.63) is 58.3 Å². The molecule has 8 heteroatoms. The van der Waals surface area contributed by atoms with E-state index in [0.717, 1.165) is 17.8 Å². The van der Waals surface area contributed by atoms with E-state index in [1.165, 1.54) is 18.2 Å². The zero-order valence-corrected chi connectivity index (χ0v) is 14.5. The highest BCUT2D eigenvalue weighted by atomic mass is 79.9. The van der Waals surface area contributed by atoms with Crippen molar-refractivity contribution >= 4 is 45.3 Å². The van der Waals surface area contributed by atoms with Crippen LogP contribution in [-0.4, -0.2) is 18.5 Å². The summed E-state index contributed by atoms with van der Waals surface area (Å²) in [5.74, 6) is -2.19. The van der Waals surface area contributed by atoms with Gasteiger partial charge in [0.05, 0.1) is 11.3 Å². The number of benzene rings is 2. The van der Waals surface area contributed by atoms with Crippen LogP contribution in [-0.2, 0) is 9.53 Å². The maximum absolute atomic E-state index is 13.4. The summed E-state index contributed by atoms with van der Waals surface area (Å²) in [5.41, 5.74) is 0.230. The zero-order valence-electron chi connectivity index (χ0n) is 12.1. The Bertz CT molecular complexity index is 823. The van der Waals surface area contributed by atoms with E-state index in [4.69, 9.17) is 10.00 Å². The molecule has 0 saturated heterocycles. The molecule has 0 spiro atoms. The number of nitrogens with zero attached hydrogens (tertiary/aromatic N) is 1. The minimum Gasteiger partial charge on any atom is -0.452 e. The number of halogens is 2. The first-order chi connectivity index (χ1) is 11.5. The van der Waals surface area contributed by atoms with Crippen molar-refractivity contribution in [2.75, 3.05) is 11.9 Å². The first kappa shape index (κ1) is 18.0. The molecule has 0 aromatic heterocycles. The van der Waals surface area contributed by atoms with Gasteiger partial charge in [-0.3, -0.25) is 4.79 Å². The summed E-state index contributed by atoms with van der Waals surface area (Å²) in [4.78, 5) is 24.3. The van der Waals surface area contributed by atoms with Crippen LogP contribution in [0.4, 0.5) is 10.1 Å². The average molecular weight is 409 g/mol. The fourth-order valence-electron chi connectivity index (χ4n) is 1.74. The Morgan fingerprint density at radius 1 is 1.29 bits per heavy atom. The Morgan fingerprint density at radius 3 is 2.71 bits per heavy atom. The van der Waals surface area contributed by atoms with Crippen LogP contribution in [0.2, 0.25) is 0 Å². The summed E-state index contributed by atoms with van der Waals surface area (Å²) in [6.45, 7) is -0.547. The second-order valence-corrected chi connectivity index (χ2v) is 6.15. The third-order valence-electron chi connectivity index (χ3n) is 2.81. The van der Waals surface area contributed by atoms with Crippen LogP contribution >= 0.6 is 27.7 Å². The van der Waals surface area contributed by atoms with Crippen molar-refractivity contribution in [3.8, 4) is 5.40 Å². The summed E-state index contributed by atoms with van der Waals surface area (Å²) < 4.78 is 18.8. The van der Waals surface area contributed by atoms with Gasteiger partial charge in [0.2, 0.25) is 0 Å². The predicted octanol–water partition coefficient (Wildman–Crippen LogP) is 3.96. The molecule has 0 saturated carbocycles. The smallest absolute Gasteiger partial charge is 0.341 e. The number of amides is 1. The molecule has 0 bridgehead atoms. The summed E-state index contributed by atoms with van der Waals surface area (Å²) in [5, 5.41) is 13.1. The summed E-state index contributed by atoms with van der Waals surface area (Å²) >= 11 is 4.27. The number of esters is 1. The molecule has 1 N–H and O–H groups in total. The van der Waals surface area contributed by atoms with Crippen LogP contribution in [0, 0.1) is 16.5 Å². The molecule has 0 atom stereocenters. The lowest BCUT2D eigenvalue weighted by atomic mass is 10.2. The second kappa shape index (κ2) is 8.47. The van der Waals surface area contributed by atoms with Crippen LogP contribution in [0.3, 0.4) is 0 Å². The Balaban J connectivity index is 1.93. The van der Waals surface area contributed by atoms with E-state index in [9.17, 15) is 14.0 Å². The SMILES string of the molecule is N#CSc1ccc(NC(=O)COC(=O)c2ccccc2F)c(Br)c1. The maximum Gasteiger partial charge on any atom is 0.341 e. The highest BCUT2D eigenvalue weighted by Crippen LogP contribution is 2.28. The second-order valence-electron chi connectivity index (χ2n) is 4.44. The molecule has 0 aliphatic heterocycles. The number of nitrogens with one attached hydrogen (secondary N) is 1. The van der Waals surface area contributed by atoms with Gasteiger partial charge >= 0.3 is 5.97 Å². The quantitative estimate of drug-likeness (QED) is 0.460. The van der Waals surface area contributed by atoms with Gasteiger partial charge in [-0.2, -0.15) is 5.26 Å². The van der Waals surface area contributed by atoms with Crippen molar-refractivity contribution in [1.82, 2.24) is 0 Å². The van der Waals surface area contributed by atoms with E-state index in [-0.39, 0.29) is 5.56 Å². The predicted molar refractivity (Wildman–Crippen MR) is 90.9 cm³/mol. The van der Waals surface area contributed by atoms with E-state index in [2.05, 4.69) is 21.2 Å². The summed E-state index contributed by atoms with van der Waals surface area (Å²) in [6, 6.07) is 10.3. The summed E-state index contributed by atoms with van der Waals surface area (Å²) in [6.07, 6.45) is 0. The molecule has 0 aliphatic rings. The Kier molecular flexibility index (Phi) is 6.35. The average Bonchev–Trinajstić information content (AvgIpc) is 2.56. The van der Waals surface area contributed by atoms with Gasteiger partial charge in [0.1, 0.15) is 11.2 Å². The van der Waals surface area contributed by atoms with Gasteiger partial charge in [0.15, 0.2) is 6.61 Å². The Labute approximate surface area is 149 Å². The lowest BCUT2D eigenvalue weighted by Gasteiger charge is -2.09. The van der Waals surface area contributed by atoms with Crippen molar-refractivity contribution in [2.24, 2.45) is 0 Å². The monoisotopic (exact) mass is 408 g/mol. The van der Waals surface area contributed by atoms with Crippen molar-refractivity contribution in [3.63, 3.8) is 0 Å². The van der Waals surface area contributed by atoms with Crippen LogP contribution in [0.1, 0.15) is 10.4 Å². The first-order valence-corrected chi connectivity index (χ1v) is 8.19. The number of ether oxygens (including phenoxy) is 1. The Hall–Kier alpha value is -2.37. The molecule has 1 amide bonds. The third-order valence-corrected chi connectivity index (χ3v) is 4.04. The molecule has 2 rings (SSSR count). The number of hydrogen-bond donors (Lipinski definition) is 1. The summed E-state index contributed by atoms with van der Waals surface area (Å²) in [7, 11) is 0. The van der Waals surface area contributed by atoms with Crippen LogP contribution < -0.4 is 5.32 Å². The van der Waals surface area contributed by atoms with E-state index in [1.807, 2.05) is 5.40 Å². The largest absolute Gasteiger partial charge is 0.452 e. The number of carbonyl (C=O) groups excluding carboxylic acids is 2. The molecule has 2 aromatic carbocycles. The fraction of sp³-hybridized carbons (Fsp3) is 0.0625. The van der Waals surface area contributed by atoms with E-state index < -0.39 is 24.3 Å². The topological polar surface area (TPSA) is 79.2 Å². The van der Waals surface area contributed by atoms with Gasteiger partial charge < -0.3 is 10.1 Å². The first-order valence-electron chi connectivity index (χ1n) is 6.58. The van der Waals surface area contributed by atoms with Crippen LogP contribution in [0.5, 0.6) is 0 Å². The molecule has 2 aromatic rings. The van der Waals surface area contributed by atoms with Gasteiger partial charge in [0, 0.05) is 9.37 Å². The van der Waals surface area contributed by atoms with Crippen LogP contribution in [0.15, 0.2) is 51.8 Å². The van der Waals surface area contributed by atoms with E-state index in [0.29, 0.717) is 15.1 Å². The molecule has 0 heterocycles. The van der Waals surface area contributed by atoms with Gasteiger partial charge in [-0.1, -0.05) is 12.1 Å². The lowest BCUT2D eigenvalue weighted by Crippen LogP contribution is -2.21. The highest BCUT2D eigenvalue weighted by Gasteiger charge is 2.14. The molecular formula is C16H10BrFN2O3S. The van der Waals surface area contributed by atoms with Crippen molar-refractivity contribution < 1.29 is 18.7 Å². The molecule has 0 unspecified atom stereocenters. The number of rotatable bonds is 5. The number of nitriles is 1. The highest BCUT2D eigenvalue weighted by molar-refractivity contribution is 9.10. The number of thiocyanates is 1. The molecule has 122 valence electrons. The third kappa shape index (κ3) is 4.81. The molecule has 24 heavy (non-hydrogen) atoms. The van der Waals surface area contributed by atoms with Gasteiger partial charge in [-0.25, -0.2) is 9.18 Å². The number of hydrogen-bond acceptors (Lipinski definition) is 5. The van der Waals surface area contributed by atoms with E-state index >= 15 is 0 Å². The van der Waals surface area contributed by atoms with Gasteiger partial charge in [-0.15, -0.1) is 0 Å². The van der Waals surface area contributed by atoms with Gasteiger partial charge in [0.25, 0.3) is 5.91 Å². The fourth-order valence-corrected chi connectivity index (χ4v) is 2.78. The van der Waals surface area contributed by atoms with Crippen LogP contribution in [0.25, 0.3) is 0 Å². The molecule has 5 nitrogen and oxygen atoms in total. The van der Waals surface area contributed by atoms with Gasteiger partial charge in [-0.05, 0) is 58.0 Å². The van der Waals surface area contributed by atoms with E-state index in [1.54, 1.807) is 18.2 Å². The minimum absolute atomic E-state index is 0.232. The standard InChI is InChI=1S/C16H10BrFN2O3S/c17-12-7-10(24-9-19)5-6-14(12)20-15(21)8-23-16(22)11-3-1-2-4-13(11)18/h1-7H,8H2,(H,20,21). The minimum atomic E-state index is -0.914. The molecular weight excluding hydrogens is 399 g/mol. The zero-order chi connectivity index (χ0) is 17.5. The maximum atomic E-state index is 13.4. The Morgan fingerprint density at radius 2 is 2.04 bits per heavy atom. The normalized spacial score (nSPS) is 9.88. The number of anilines is 1. The molecule has 0 radical (unpaired) electrons. The molecule has 0 aliphatic carbocycles.